The van der Waals surface area contributed by atoms with Gasteiger partial charge in [0.15, 0.2) is 5.82 Å². The van der Waals surface area contributed by atoms with Crippen LogP contribution in [0.2, 0.25) is 5.15 Å². The molecule has 4 aromatic rings. The van der Waals surface area contributed by atoms with Crippen LogP contribution in [0.3, 0.4) is 0 Å². The third-order valence-electron chi connectivity index (χ3n) is 5.09. The van der Waals surface area contributed by atoms with Gasteiger partial charge in [-0.05, 0) is 46.5 Å². The average molecular weight is 424 g/mol. The van der Waals surface area contributed by atoms with Gasteiger partial charge in [0, 0.05) is 24.5 Å². The van der Waals surface area contributed by atoms with Crippen LogP contribution >= 0.6 is 11.6 Å². The summed E-state index contributed by atoms with van der Waals surface area (Å²) in [6, 6.07) is 10.0. The van der Waals surface area contributed by atoms with Gasteiger partial charge in [-0.2, -0.15) is 0 Å². The lowest BCUT2D eigenvalue weighted by Crippen LogP contribution is -2.25. The fourth-order valence-corrected chi connectivity index (χ4v) is 3.99. The summed E-state index contributed by atoms with van der Waals surface area (Å²) in [5, 5.41) is 14.6. The van der Waals surface area contributed by atoms with E-state index in [0.717, 1.165) is 40.8 Å². The number of pyridine rings is 1. The van der Waals surface area contributed by atoms with E-state index < -0.39 is 0 Å². The van der Waals surface area contributed by atoms with Crippen LogP contribution in [-0.2, 0) is 19.5 Å². The lowest BCUT2D eigenvalue weighted by molar-refractivity contribution is 0.653. The van der Waals surface area contributed by atoms with E-state index in [4.69, 9.17) is 11.6 Å². The van der Waals surface area contributed by atoms with Crippen molar-refractivity contribution >= 4 is 11.6 Å². The van der Waals surface area contributed by atoms with Gasteiger partial charge in [0.2, 0.25) is 0 Å². The Balaban J connectivity index is 1.66. The molecule has 0 aliphatic heterocycles. The maximum atomic E-state index is 12.8. The lowest BCUT2D eigenvalue weighted by atomic mass is 10.00. The molecule has 0 spiro atoms. The highest BCUT2D eigenvalue weighted by molar-refractivity contribution is 6.30. The zero-order valence-electron chi connectivity index (χ0n) is 16.8. The molecule has 0 unspecified atom stereocenters. The molecule has 154 valence electrons. The molecule has 0 saturated heterocycles. The summed E-state index contributed by atoms with van der Waals surface area (Å²) in [6.45, 7) is 5.05. The Bertz CT molecular complexity index is 1190. The van der Waals surface area contributed by atoms with E-state index in [1.165, 1.54) is 0 Å². The van der Waals surface area contributed by atoms with E-state index in [1.54, 1.807) is 21.5 Å². The molecule has 1 aromatic carbocycles. The fraction of sp³-hybridized carbons (Fsp3) is 0.286. The van der Waals surface area contributed by atoms with Gasteiger partial charge in [-0.3, -0.25) is 14.1 Å². The SMILES string of the molecule is CCCc1c(Cl)n(CC)c(=O)n1Cc1ccc(-c2ccncc2-c2nnn[nH]2)cc1. The number of tetrazole rings is 1. The molecule has 0 aliphatic rings. The van der Waals surface area contributed by atoms with Crippen molar-refractivity contribution in [1.82, 2.24) is 34.7 Å². The van der Waals surface area contributed by atoms with Gasteiger partial charge in [0.25, 0.3) is 0 Å². The molecule has 0 radical (unpaired) electrons. The van der Waals surface area contributed by atoms with Gasteiger partial charge in [-0.15, -0.1) is 5.10 Å². The van der Waals surface area contributed by atoms with E-state index in [-0.39, 0.29) is 5.69 Å². The normalized spacial score (nSPS) is 11.2. The second kappa shape index (κ2) is 8.62. The van der Waals surface area contributed by atoms with Crippen molar-refractivity contribution < 1.29 is 0 Å². The molecular weight excluding hydrogens is 402 g/mol. The smallest absolute Gasteiger partial charge is 0.290 e. The number of rotatable bonds is 7. The minimum Gasteiger partial charge on any atom is -0.290 e. The number of benzene rings is 1. The second-order valence-corrected chi connectivity index (χ2v) is 7.33. The molecule has 0 atom stereocenters. The predicted octanol–water partition coefficient (Wildman–Crippen LogP) is 3.57. The monoisotopic (exact) mass is 423 g/mol. The maximum Gasteiger partial charge on any atom is 0.329 e. The Kier molecular flexibility index (Phi) is 5.76. The van der Waals surface area contributed by atoms with E-state index in [9.17, 15) is 4.79 Å². The van der Waals surface area contributed by atoms with Gasteiger partial charge in [0.1, 0.15) is 5.15 Å². The summed E-state index contributed by atoms with van der Waals surface area (Å²) in [5.74, 6) is 0.563. The predicted molar refractivity (Wildman–Crippen MR) is 115 cm³/mol. The van der Waals surface area contributed by atoms with E-state index in [2.05, 4.69) is 32.5 Å². The third kappa shape index (κ3) is 3.66. The summed E-state index contributed by atoms with van der Waals surface area (Å²) in [7, 11) is 0. The molecule has 30 heavy (non-hydrogen) atoms. The average Bonchev–Trinajstić information content (AvgIpc) is 3.38. The molecule has 0 fully saturated rings. The highest BCUT2D eigenvalue weighted by Crippen LogP contribution is 2.29. The molecule has 0 aliphatic carbocycles. The zero-order valence-corrected chi connectivity index (χ0v) is 17.6. The summed E-state index contributed by atoms with van der Waals surface area (Å²) < 4.78 is 3.40. The van der Waals surface area contributed by atoms with E-state index in [1.807, 2.05) is 37.3 Å². The van der Waals surface area contributed by atoms with Gasteiger partial charge in [0.05, 0.1) is 12.2 Å². The highest BCUT2D eigenvalue weighted by Gasteiger charge is 2.17. The topological polar surface area (TPSA) is 94.3 Å². The maximum absolute atomic E-state index is 12.8. The molecule has 0 saturated carbocycles. The van der Waals surface area contributed by atoms with Gasteiger partial charge in [-0.1, -0.05) is 49.2 Å². The van der Waals surface area contributed by atoms with E-state index >= 15 is 0 Å². The van der Waals surface area contributed by atoms with Crippen molar-refractivity contribution in [2.75, 3.05) is 0 Å². The summed E-state index contributed by atoms with van der Waals surface area (Å²) in [4.78, 5) is 17.0. The molecule has 0 amide bonds. The number of halogens is 1. The number of nitrogens with zero attached hydrogens (tertiary/aromatic N) is 6. The van der Waals surface area contributed by atoms with Crippen LogP contribution in [0.1, 0.15) is 31.5 Å². The second-order valence-electron chi connectivity index (χ2n) is 6.97. The van der Waals surface area contributed by atoms with E-state index in [0.29, 0.717) is 24.1 Å². The van der Waals surface area contributed by atoms with Crippen LogP contribution in [0.5, 0.6) is 0 Å². The minimum absolute atomic E-state index is 0.0655. The Morgan fingerprint density at radius 2 is 1.87 bits per heavy atom. The van der Waals surface area contributed by atoms with Crippen molar-refractivity contribution in [1.29, 1.82) is 0 Å². The Labute approximate surface area is 178 Å². The molecule has 4 rings (SSSR count). The van der Waals surface area contributed by atoms with Crippen molar-refractivity contribution in [3.8, 4) is 22.5 Å². The molecule has 3 heterocycles. The first-order valence-corrected chi connectivity index (χ1v) is 10.3. The van der Waals surface area contributed by atoms with Crippen LogP contribution in [0.4, 0.5) is 0 Å². The first kappa shape index (κ1) is 20.0. The van der Waals surface area contributed by atoms with Crippen LogP contribution in [0.15, 0.2) is 47.5 Å². The van der Waals surface area contributed by atoms with Gasteiger partial charge >= 0.3 is 5.69 Å². The van der Waals surface area contributed by atoms with Crippen molar-refractivity contribution in [2.24, 2.45) is 0 Å². The number of hydrogen-bond acceptors (Lipinski definition) is 5. The van der Waals surface area contributed by atoms with Crippen LogP contribution < -0.4 is 5.69 Å². The minimum atomic E-state index is -0.0655. The van der Waals surface area contributed by atoms with Crippen molar-refractivity contribution in [2.45, 2.75) is 39.8 Å². The first-order valence-electron chi connectivity index (χ1n) is 9.89. The fourth-order valence-electron chi connectivity index (χ4n) is 3.60. The molecule has 9 heteroatoms. The number of nitrogens with one attached hydrogen (secondary N) is 1. The number of aromatic amines is 1. The standard InChI is InChI=1S/C21H22ClN7O/c1-3-5-18-19(22)28(4-2)21(30)29(18)13-14-6-8-15(9-7-14)16-10-11-23-12-17(16)20-24-26-27-25-20/h6-12H,3-5,13H2,1-2H3,(H,24,25,26,27). The van der Waals surface area contributed by atoms with Crippen LogP contribution in [0, 0.1) is 0 Å². The van der Waals surface area contributed by atoms with Gasteiger partial charge < -0.3 is 0 Å². The number of imidazole rings is 1. The number of aromatic nitrogens is 7. The van der Waals surface area contributed by atoms with Crippen molar-refractivity contribution in [3.63, 3.8) is 0 Å². The zero-order chi connectivity index (χ0) is 21.1. The number of H-pyrrole nitrogens is 1. The molecule has 3 aromatic heterocycles. The quantitative estimate of drug-likeness (QED) is 0.490. The molecule has 1 N–H and O–H groups in total. The Hall–Kier alpha value is -3.26. The molecule has 0 bridgehead atoms. The summed E-state index contributed by atoms with van der Waals surface area (Å²) in [5.41, 5.74) is 4.66. The Morgan fingerprint density at radius 1 is 1.07 bits per heavy atom. The Morgan fingerprint density at radius 3 is 2.53 bits per heavy atom. The lowest BCUT2D eigenvalue weighted by Gasteiger charge is -2.10. The third-order valence-corrected chi connectivity index (χ3v) is 5.52. The summed E-state index contributed by atoms with van der Waals surface area (Å²) >= 11 is 6.47. The largest absolute Gasteiger partial charge is 0.329 e. The van der Waals surface area contributed by atoms with Crippen LogP contribution in [0.25, 0.3) is 22.5 Å². The summed E-state index contributed by atoms with van der Waals surface area (Å²) in [6.07, 6.45) is 5.16. The molecule has 8 nitrogen and oxygen atoms in total. The molecular formula is C21H22ClN7O. The first-order chi connectivity index (χ1) is 14.6. The van der Waals surface area contributed by atoms with Crippen molar-refractivity contribution in [3.05, 3.63) is 69.6 Å². The highest BCUT2D eigenvalue weighted by atomic mass is 35.5. The van der Waals surface area contributed by atoms with Gasteiger partial charge in [-0.25, -0.2) is 9.89 Å². The van der Waals surface area contributed by atoms with Crippen LogP contribution in [-0.4, -0.2) is 34.7 Å². The number of hydrogen-bond donors (Lipinski definition) is 1.